The predicted octanol–water partition coefficient (Wildman–Crippen LogP) is 1.33. The molecule has 27 heavy (non-hydrogen) atoms. The Morgan fingerprint density at radius 1 is 1.19 bits per heavy atom. The second kappa shape index (κ2) is 9.43. The Kier molecular flexibility index (Phi) is 7.51. The number of benzene rings is 1. The van der Waals surface area contributed by atoms with E-state index >= 15 is 0 Å². The first kappa shape index (κ1) is 21.5. The van der Waals surface area contributed by atoms with Crippen LogP contribution in [0.25, 0.3) is 0 Å². The highest BCUT2D eigenvalue weighted by Gasteiger charge is 2.25. The fourth-order valence-corrected chi connectivity index (χ4v) is 3.70. The molecule has 0 aliphatic carbocycles. The first-order chi connectivity index (χ1) is 12.7. The molecule has 1 aliphatic heterocycles. The van der Waals surface area contributed by atoms with Crippen molar-refractivity contribution in [2.45, 2.75) is 13.0 Å². The van der Waals surface area contributed by atoms with Crippen LogP contribution in [-0.4, -0.2) is 87.6 Å². The predicted molar refractivity (Wildman–Crippen MR) is 97.5 cm³/mol. The van der Waals surface area contributed by atoms with Crippen molar-refractivity contribution in [3.8, 4) is 5.75 Å². The Bertz CT molecular complexity index is 735. The molecule has 0 aromatic heterocycles. The van der Waals surface area contributed by atoms with Crippen molar-refractivity contribution in [3.63, 3.8) is 0 Å². The number of alkyl halides is 2. The second-order valence-corrected chi connectivity index (χ2v) is 8.76. The average molecular weight is 405 g/mol. The fraction of sp³-hybridized carbons (Fsp3) is 0.588. The highest BCUT2D eigenvalue weighted by atomic mass is 32.2. The summed E-state index contributed by atoms with van der Waals surface area (Å²) in [4.78, 5) is 16.3. The highest BCUT2D eigenvalue weighted by molar-refractivity contribution is 7.89. The van der Waals surface area contributed by atoms with Crippen LogP contribution >= 0.6 is 0 Å². The van der Waals surface area contributed by atoms with E-state index in [0.717, 1.165) is 0 Å². The second-order valence-electron chi connectivity index (χ2n) is 6.46. The summed E-state index contributed by atoms with van der Waals surface area (Å²) in [7, 11) is -0.189. The van der Waals surface area contributed by atoms with Gasteiger partial charge in [-0.3, -0.25) is 9.69 Å². The van der Waals surface area contributed by atoms with E-state index in [1.54, 1.807) is 11.0 Å². The van der Waals surface area contributed by atoms with Gasteiger partial charge in [-0.2, -0.15) is 8.78 Å². The maximum Gasteiger partial charge on any atom is 0.387 e. The Balaban J connectivity index is 1.86. The van der Waals surface area contributed by atoms with Gasteiger partial charge >= 0.3 is 6.61 Å². The monoisotopic (exact) mass is 405 g/mol. The van der Waals surface area contributed by atoms with Crippen LogP contribution in [0.3, 0.4) is 0 Å². The normalized spacial score (nSPS) is 16.1. The lowest BCUT2D eigenvalue weighted by molar-refractivity contribution is -0.0503. The zero-order valence-corrected chi connectivity index (χ0v) is 16.3. The molecule has 1 heterocycles. The smallest absolute Gasteiger partial charge is 0.387 e. The molecule has 0 bridgehead atoms. The van der Waals surface area contributed by atoms with Crippen LogP contribution in [0.4, 0.5) is 8.78 Å². The number of carbonyl (C=O) groups is 1. The molecule has 10 heteroatoms. The molecular weight excluding hydrogens is 380 g/mol. The number of rotatable bonds is 8. The van der Waals surface area contributed by atoms with E-state index in [1.807, 2.05) is 0 Å². The summed E-state index contributed by atoms with van der Waals surface area (Å²) in [6, 6.07) is 5.96. The van der Waals surface area contributed by atoms with Crippen molar-refractivity contribution in [1.29, 1.82) is 0 Å². The van der Waals surface area contributed by atoms with Crippen LogP contribution in [-0.2, 0) is 10.0 Å². The molecule has 0 unspecified atom stereocenters. The van der Waals surface area contributed by atoms with Crippen molar-refractivity contribution in [3.05, 3.63) is 29.8 Å². The standard InChI is InChI=1S/C17H25F2N3O4S/c1-20(2)27(24,25)13-5-8-21-9-11-22(12-10-21)16(23)14-6-3-4-7-15(14)26-17(18)19/h3-4,6-7,17H,5,8-13H2,1-2H3. The summed E-state index contributed by atoms with van der Waals surface area (Å²) in [5, 5.41) is 0. The minimum atomic E-state index is -3.21. The van der Waals surface area contributed by atoms with Crippen molar-refractivity contribution in [1.82, 2.24) is 14.1 Å². The van der Waals surface area contributed by atoms with Gasteiger partial charge in [-0.05, 0) is 25.1 Å². The van der Waals surface area contributed by atoms with Gasteiger partial charge < -0.3 is 9.64 Å². The maximum atomic E-state index is 12.6. The Morgan fingerprint density at radius 3 is 2.41 bits per heavy atom. The molecular formula is C17H25F2N3O4S. The average Bonchev–Trinajstić information content (AvgIpc) is 2.61. The van der Waals surface area contributed by atoms with Crippen LogP contribution in [0, 0.1) is 0 Å². The number of para-hydroxylation sites is 1. The molecule has 1 fully saturated rings. The largest absolute Gasteiger partial charge is 0.434 e. The summed E-state index contributed by atoms with van der Waals surface area (Å²) in [6.45, 7) is -0.267. The van der Waals surface area contributed by atoms with Crippen LogP contribution in [0.2, 0.25) is 0 Å². The number of amides is 1. The first-order valence-electron chi connectivity index (χ1n) is 8.66. The Morgan fingerprint density at radius 2 is 1.81 bits per heavy atom. The molecule has 1 aliphatic rings. The molecule has 0 N–H and O–H groups in total. The van der Waals surface area contributed by atoms with Gasteiger partial charge in [0.15, 0.2) is 0 Å². The van der Waals surface area contributed by atoms with Crippen LogP contribution in [0.5, 0.6) is 5.75 Å². The van der Waals surface area contributed by atoms with E-state index in [0.29, 0.717) is 39.1 Å². The third-order valence-electron chi connectivity index (χ3n) is 4.43. The summed E-state index contributed by atoms with van der Waals surface area (Å²) >= 11 is 0. The molecule has 0 radical (unpaired) electrons. The third kappa shape index (κ3) is 6.12. The minimum absolute atomic E-state index is 0.0808. The maximum absolute atomic E-state index is 12.6. The summed E-state index contributed by atoms with van der Waals surface area (Å²) < 4.78 is 54.2. The molecule has 1 aromatic carbocycles. The van der Waals surface area contributed by atoms with Gasteiger partial charge in [-0.15, -0.1) is 0 Å². The molecule has 0 spiro atoms. The Labute approximate surface area is 158 Å². The molecule has 2 rings (SSSR count). The van der Waals surface area contributed by atoms with Crippen LogP contribution in [0.15, 0.2) is 24.3 Å². The SMILES string of the molecule is CN(C)S(=O)(=O)CCCN1CCN(C(=O)c2ccccc2OC(F)F)CC1. The third-order valence-corrected chi connectivity index (χ3v) is 6.34. The quantitative estimate of drug-likeness (QED) is 0.653. The lowest BCUT2D eigenvalue weighted by Crippen LogP contribution is -2.49. The number of nitrogens with zero attached hydrogens (tertiary/aromatic N) is 3. The topological polar surface area (TPSA) is 70.2 Å². The van der Waals surface area contributed by atoms with Crippen molar-refractivity contribution >= 4 is 15.9 Å². The molecule has 7 nitrogen and oxygen atoms in total. The summed E-state index contributed by atoms with van der Waals surface area (Å²) in [5.41, 5.74) is 0.114. The molecule has 0 atom stereocenters. The number of hydrogen-bond acceptors (Lipinski definition) is 5. The van der Waals surface area contributed by atoms with E-state index < -0.39 is 16.6 Å². The molecule has 0 saturated carbocycles. The van der Waals surface area contributed by atoms with E-state index in [1.165, 1.54) is 36.6 Å². The minimum Gasteiger partial charge on any atom is -0.434 e. The number of hydrogen-bond donors (Lipinski definition) is 0. The number of sulfonamides is 1. The number of halogens is 2. The van der Waals surface area contributed by atoms with Crippen molar-refractivity contribution in [2.24, 2.45) is 0 Å². The van der Waals surface area contributed by atoms with Gasteiger partial charge in [0.05, 0.1) is 11.3 Å². The van der Waals surface area contributed by atoms with Gasteiger partial charge in [0.2, 0.25) is 10.0 Å². The summed E-state index contributed by atoms with van der Waals surface area (Å²) in [6.07, 6.45) is 0.513. The zero-order chi connectivity index (χ0) is 20.0. The van der Waals surface area contributed by atoms with Crippen LogP contribution in [0.1, 0.15) is 16.8 Å². The van der Waals surface area contributed by atoms with Gasteiger partial charge in [-0.1, -0.05) is 12.1 Å². The highest BCUT2D eigenvalue weighted by Crippen LogP contribution is 2.22. The van der Waals surface area contributed by atoms with E-state index in [9.17, 15) is 22.0 Å². The van der Waals surface area contributed by atoms with Crippen molar-refractivity contribution in [2.75, 3.05) is 52.6 Å². The van der Waals surface area contributed by atoms with E-state index in [-0.39, 0.29) is 23.0 Å². The van der Waals surface area contributed by atoms with Crippen LogP contribution < -0.4 is 4.74 Å². The van der Waals surface area contributed by atoms with Gasteiger partial charge in [0, 0.05) is 40.3 Å². The molecule has 1 amide bonds. The number of ether oxygens (including phenoxy) is 1. The van der Waals surface area contributed by atoms with E-state index in [4.69, 9.17) is 0 Å². The number of carbonyl (C=O) groups excluding carboxylic acids is 1. The van der Waals surface area contributed by atoms with Gasteiger partial charge in [0.25, 0.3) is 5.91 Å². The van der Waals surface area contributed by atoms with Gasteiger partial charge in [-0.25, -0.2) is 12.7 Å². The Hall–Kier alpha value is -1.78. The fourth-order valence-electron chi connectivity index (χ4n) is 2.84. The molecule has 152 valence electrons. The van der Waals surface area contributed by atoms with Crippen molar-refractivity contribution < 1.29 is 26.7 Å². The first-order valence-corrected chi connectivity index (χ1v) is 10.3. The van der Waals surface area contributed by atoms with E-state index in [2.05, 4.69) is 9.64 Å². The van der Waals surface area contributed by atoms with Gasteiger partial charge in [0.1, 0.15) is 5.75 Å². The number of piperazine rings is 1. The molecule has 1 saturated heterocycles. The lowest BCUT2D eigenvalue weighted by atomic mass is 10.1. The zero-order valence-electron chi connectivity index (χ0n) is 15.5. The summed E-state index contributed by atoms with van der Waals surface area (Å²) in [5.74, 6) is -0.396. The molecule has 1 aromatic rings. The lowest BCUT2D eigenvalue weighted by Gasteiger charge is -2.35.